The zero-order chi connectivity index (χ0) is 28.2. The van der Waals surface area contributed by atoms with Crippen LogP contribution in [0.4, 0.5) is 20.2 Å². The third kappa shape index (κ3) is 6.23. The molecule has 3 aromatic carbocycles. The molecule has 1 saturated heterocycles. The number of anilines is 1. The van der Waals surface area contributed by atoms with Crippen molar-refractivity contribution >= 4 is 40.1 Å². The summed E-state index contributed by atoms with van der Waals surface area (Å²) in [5, 5.41) is 11.0. The third-order valence-electron chi connectivity index (χ3n) is 6.75. The number of piperidine rings is 1. The van der Waals surface area contributed by atoms with Crippen molar-refractivity contribution in [3.63, 3.8) is 0 Å². The number of hydrogen-bond acceptors (Lipinski definition) is 5. The number of sulfonamides is 1. The van der Waals surface area contributed by atoms with E-state index in [0.29, 0.717) is 37.1 Å². The second-order valence-corrected chi connectivity index (χ2v) is 11.1. The zero-order valence-corrected chi connectivity index (χ0v) is 22.2. The largest absolute Gasteiger partial charge is 0.389 e. The lowest BCUT2D eigenvalue weighted by Gasteiger charge is -2.38. The number of benzene rings is 3. The van der Waals surface area contributed by atoms with Gasteiger partial charge in [0, 0.05) is 36.3 Å². The molecule has 0 aliphatic carbocycles. The van der Waals surface area contributed by atoms with Crippen LogP contribution in [0.3, 0.4) is 0 Å². The fraction of sp³-hybridized carbons (Fsp3) is 0.241. The van der Waals surface area contributed by atoms with Crippen molar-refractivity contribution in [3.05, 3.63) is 95.1 Å². The first-order chi connectivity index (χ1) is 18.6. The highest BCUT2D eigenvalue weighted by molar-refractivity contribution is 7.92. The highest BCUT2D eigenvalue weighted by atomic mass is 32.2. The fourth-order valence-electron chi connectivity index (χ4n) is 4.64. The number of carbonyl (C=O) groups excluding carboxylic acids is 1. The zero-order valence-electron chi connectivity index (χ0n) is 21.4. The summed E-state index contributed by atoms with van der Waals surface area (Å²) < 4.78 is 56.8. The number of hydrogen-bond donors (Lipinski definition) is 2. The second-order valence-electron chi connectivity index (χ2n) is 9.43. The molecule has 39 heavy (non-hydrogen) atoms. The number of nitrogens with zero attached hydrogens (tertiary/aromatic N) is 2. The maximum absolute atomic E-state index is 14.2. The first-order valence-electron chi connectivity index (χ1n) is 12.4. The molecular weight excluding hydrogens is 524 g/mol. The Hall–Kier alpha value is -3.89. The average Bonchev–Trinajstić information content (AvgIpc) is 2.91. The van der Waals surface area contributed by atoms with E-state index >= 15 is 0 Å². The summed E-state index contributed by atoms with van der Waals surface area (Å²) >= 11 is 0. The quantitative estimate of drug-likeness (QED) is 0.368. The van der Waals surface area contributed by atoms with Crippen LogP contribution in [0.5, 0.6) is 0 Å². The maximum atomic E-state index is 14.2. The molecule has 204 valence electrons. The van der Waals surface area contributed by atoms with Gasteiger partial charge >= 0.3 is 0 Å². The first-order valence-corrected chi connectivity index (χ1v) is 13.8. The summed E-state index contributed by atoms with van der Waals surface area (Å²) in [4.78, 5) is 18.2. The van der Waals surface area contributed by atoms with Crippen LogP contribution in [0.25, 0.3) is 6.08 Å². The maximum Gasteiger partial charge on any atom is 0.264 e. The molecule has 1 aliphatic rings. The molecule has 0 aromatic heterocycles. The van der Waals surface area contributed by atoms with E-state index in [1.807, 2.05) is 0 Å². The van der Waals surface area contributed by atoms with Gasteiger partial charge in [-0.3, -0.25) is 14.5 Å². The molecule has 0 bridgehead atoms. The molecule has 1 fully saturated rings. The van der Waals surface area contributed by atoms with Gasteiger partial charge in [-0.1, -0.05) is 30.4 Å². The van der Waals surface area contributed by atoms with Crippen molar-refractivity contribution in [2.45, 2.75) is 36.7 Å². The molecule has 3 aromatic rings. The predicted molar refractivity (Wildman–Crippen MR) is 148 cm³/mol. The highest BCUT2D eigenvalue weighted by Crippen LogP contribution is 2.33. The Balaban J connectivity index is 1.43. The van der Waals surface area contributed by atoms with Crippen LogP contribution in [0, 0.1) is 11.6 Å². The summed E-state index contributed by atoms with van der Waals surface area (Å²) in [5.74, 6) is -1.25. The normalized spacial score (nSPS) is 15.3. The molecule has 0 radical (unpaired) electrons. The van der Waals surface area contributed by atoms with Crippen LogP contribution in [0.2, 0.25) is 0 Å². The van der Waals surface area contributed by atoms with Gasteiger partial charge in [-0.2, -0.15) is 0 Å². The Morgan fingerprint density at radius 3 is 2.36 bits per heavy atom. The van der Waals surface area contributed by atoms with Gasteiger partial charge in [0.15, 0.2) is 0 Å². The highest BCUT2D eigenvalue weighted by Gasteiger charge is 2.35. The number of carbonyl (C=O) groups is 1. The Labute approximate surface area is 226 Å². The SMILES string of the molecule is C=Nc1c(S(=O)(=O)Nc2ccc(C(=O)N3CCC(O)(Cc4ccccc4F)CC3)cc2)ccc(F)c1C=CC. The molecule has 4 rings (SSSR count). The van der Waals surface area contributed by atoms with Crippen LogP contribution in [-0.4, -0.2) is 49.7 Å². The predicted octanol–water partition coefficient (Wildman–Crippen LogP) is 5.34. The lowest BCUT2D eigenvalue weighted by atomic mass is 9.85. The van der Waals surface area contributed by atoms with Crippen molar-refractivity contribution in [1.82, 2.24) is 4.90 Å². The number of allylic oxidation sites excluding steroid dienone is 1. The molecule has 1 amide bonds. The third-order valence-corrected chi connectivity index (χ3v) is 8.16. The number of rotatable bonds is 8. The van der Waals surface area contributed by atoms with Gasteiger partial charge in [-0.25, -0.2) is 17.2 Å². The van der Waals surface area contributed by atoms with Crippen LogP contribution in [0.15, 0.2) is 76.6 Å². The molecule has 7 nitrogen and oxygen atoms in total. The van der Waals surface area contributed by atoms with Crippen LogP contribution in [-0.2, 0) is 16.4 Å². The van der Waals surface area contributed by atoms with E-state index in [0.717, 1.165) is 12.1 Å². The number of nitrogens with one attached hydrogen (secondary N) is 1. The lowest BCUT2D eigenvalue weighted by molar-refractivity contribution is -0.0167. The molecule has 1 heterocycles. The molecule has 0 spiro atoms. The van der Waals surface area contributed by atoms with Crippen molar-refractivity contribution in [2.75, 3.05) is 17.8 Å². The van der Waals surface area contributed by atoms with Crippen LogP contribution < -0.4 is 4.72 Å². The Bertz CT molecular complexity index is 1510. The molecule has 0 atom stereocenters. The standard InChI is InChI=1S/C29H29F2N3O4S/c1-3-6-23-25(31)13-14-26(27(23)32-2)39(37,38)33-22-11-9-20(10-12-22)28(35)34-17-15-29(36,16-18-34)19-21-7-4-5-8-24(21)30/h3-14,33,36H,2,15-19H2,1H3. The summed E-state index contributed by atoms with van der Waals surface area (Å²) in [6.07, 6.45) is 3.76. The van der Waals surface area contributed by atoms with Gasteiger partial charge in [0.05, 0.1) is 11.3 Å². The van der Waals surface area contributed by atoms with Gasteiger partial charge < -0.3 is 10.0 Å². The summed E-state index contributed by atoms with van der Waals surface area (Å²) in [6.45, 7) is 5.66. The second kappa shape index (κ2) is 11.5. The van der Waals surface area contributed by atoms with E-state index in [-0.39, 0.29) is 40.0 Å². The van der Waals surface area contributed by atoms with E-state index in [2.05, 4.69) is 16.4 Å². The molecule has 0 saturated carbocycles. The number of aliphatic imine (C=N–C) groups is 1. The average molecular weight is 554 g/mol. The number of amides is 1. The van der Waals surface area contributed by atoms with Crippen molar-refractivity contribution in [1.29, 1.82) is 0 Å². The van der Waals surface area contributed by atoms with E-state index in [4.69, 9.17) is 0 Å². The molecular formula is C29H29F2N3O4S. The molecule has 10 heteroatoms. The van der Waals surface area contributed by atoms with Crippen molar-refractivity contribution in [2.24, 2.45) is 4.99 Å². The van der Waals surface area contributed by atoms with Gasteiger partial charge in [0.25, 0.3) is 15.9 Å². The van der Waals surface area contributed by atoms with Crippen LogP contribution >= 0.6 is 0 Å². The monoisotopic (exact) mass is 553 g/mol. The van der Waals surface area contributed by atoms with E-state index in [1.54, 1.807) is 36.1 Å². The molecule has 0 unspecified atom stereocenters. The minimum atomic E-state index is -4.14. The van der Waals surface area contributed by atoms with E-state index < -0.39 is 21.4 Å². The van der Waals surface area contributed by atoms with E-state index in [1.165, 1.54) is 36.4 Å². The van der Waals surface area contributed by atoms with Crippen molar-refractivity contribution < 1.29 is 27.1 Å². The Morgan fingerprint density at radius 2 is 1.74 bits per heavy atom. The minimum absolute atomic E-state index is 0.0126. The smallest absolute Gasteiger partial charge is 0.264 e. The Kier molecular flexibility index (Phi) is 8.27. The van der Waals surface area contributed by atoms with Crippen molar-refractivity contribution in [3.8, 4) is 0 Å². The molecule has 2 N–H and O–H groups in total. The van der Waals surface area contributed by atoms with Gasteiger partial charge in [-0.15, -0.1) is 0 Å². The topological polar surface area (TPSA) is 99.1 Å². The van der Waals surface area contributed by atoms with Gasteiger partial charge in [-0.05, 0) is 74.5 Å². The molecule has 1 aliphatic heterocycles. The summed E-state index contributed by atoms with van der Waals surface area (Å²) in [5.41, 5.74) is -0.203. The number of aliphatic hydroxyl groups is 1. The fourth-order valence-corrected chi connectivity index (χ4v) is 5.87. The van der Waals surface area contributed by atoms with Crippen LogP contribution in [0.1, 0.15) is 41.3 Å². The number of likely N-dealkylation sites (tertiary alicyclic amines) is 1. The van der Waals surface area contributed by atoms with E-state index in [9.17, 15) is 27.1 Å². The summed E-state index contributed by atoms with van der Waals surface area (Å²) in [7, 11) is -4.14. The minimum Gasteiger partial charge on any atom is -0.389 e. The summed E-state index contributed by atoms with van der Waals surface area (Å²) in [6, 6.07) is 14.4. The first kappa shape index (κ1) is 28.1. The van der Waals surface area contributed by atoms with Gasteiger partial charge in [0.1, 0.15) is 16.5 Å². The van der Waals surface area contributed by atoms with Gasteiger partial charge in [0.2, 0.25) is 0 Å². The Morgan fingerprint density at radius 1 is 1.08 bits per heavy atom. The lowest BCUT2D eigenvalue weighted by Crippen LogP contribution is -2.47. The number of halogens is 2.